The Morgan fingerprint density at radius 1 is 1.11 bits per heavy atom. The van der Waals surface area contributed by atoms with Crippen molar-refractivity contribution in [3.05, 3.63) is 59.2 Å². The van der Waals surface area contributed by atoms with Crippen LogP contribution in [0.25, 0.3) is 0 Å². The van der Waals surface area contributed by atoms with Gasteiger partial charge in [-0.25, -0.2) is 0 Å². The van der Waals surface area contributed by atoms with Gasteiger partial charge in [-0.2, -0.15) is 0 Å². The zero-order valence-corrected chi connectivity index (χ0v) is 16.1. The SMILES string of the molecule is COc1cccc(C(c2ccc(C)cc2)N2CCCCC2C(=O)O)c1OC. The molecule has 5 heteroatoms. The summed E-state index contributed by atoms with van der Waals surface area (Å²) < 4.78 is 11.2. The van der Waals surface area contributed by atoms with Crippen molar-refractivity contribution in [3.63, 3.8) is 0 Å². The van der Waals surface area contributed by atoms with E-state index in [0.29, 0.717) is 17.9 Å². The summed E-state index contributed by atoms with van der Waals surface area (Å²) >= 11 is 0. The number of carboxylic acid groups (broad SMARTS) is 1. The first-order valence-corrected chi connectivity index (χ1v) is 9.32. The summed E-state index contributed by atoms with van der Waals surface area (Å²) in [7, 11) is 3.24. The van der Waals surface area contributed by atoms with Crippen molar-refractivity contribution in [3.8, 4) is 11.5 Å². The lowest BCUT2D eigenvalue weighted by molar-refractivity contribution is -0.145. The van der Waals surface area contributed by atoms with Gasteiger partial charge in [-0.3, -0.25) is 9.69 Å². The fraction of sp³-hybridized carbons (Fsp3) is 0.409. The summed E-state index contributed by atoms with van der Waals surface area (Å²) in [6, 6.07) is 13.3. The van der Waals surface area contributed by atoms with Crippen molar-refractivity contribution in [2.45, 2.75) is 38.3 Å². The molecule has 1 fully saturated rings. The lowest BCUT2D eigenvalue weighted by Crippen LogP contribution is -2.46. The number of carboxylic acids is 1. The lowest BCUT2D eigenvalue weighted by atomic mass is 9.90. The molecule has 0 radical (unpaired) electrons. The molecular formula is C22H27NO4. The van der Waals surface area contributed by atoms with Crippen LogP contribution in [0, 0.1) is 6.92 Å². The average Bonchev–Trinajstić information content (AvgIpc) is 2.69. The second-order valence-corrected chi connectivity index (χ2v) is 6.98. The molecule has 3 rings (SSSR count). The van der Waals surface area contributed by atoms with E-state index in [-0.39, 0.29) is 6.04 Å². The molecule has 1 N–H and O–H groups in total. The molecule has 0 aliphatic carbocycles. The van der Waals surface area contributed by atoms with Crippen LogP contribution in [-0.4, -0.2) is 42.8 Å². The van der Waals surface area contributed by atoms with Gasteiger partial charge in [-0.15, -0.1) is 0 Å². The van der Waals surface area contributed by atoms with Crippen LogP contribution in [0.15, 0.2) is 42.5 Å². The van der Waals surface area contributed by atoms with Crippen LogP contribution in [0.2, 0.25) is 0 Å². The first kappa shape index (κ1) is 19.2. The molecule has 144 valence electrons. The van der Waals surface area contributed by atoms with E-state index >= 15 is 0 Å². The molecule has 0 amide bonds. The van der Waals surface area contributed by atoms with Crippen LogP contribution in [0.1, 0.15) is 42.0 Å². The molecule has 2 aromatic rings. The normalized spacial score (nSPS) is 18.7. The predicted octanol–water partition coefficient (Wildman–Crippen LogP) is 4.04. The first-order chi connectivity index (χ1) is 13.1. The van der Waals surface area contributed by atoms with Gasteiger partial charge in [0, 0.05) is 5.56 Å². The highest BCUT2D eigenvalue weighted by Crippen LogP contribution is 2.42. The number of hydrogen-bond acceptors (Lipinski definition) is 4. The minimum absolute atomic E-state index is 0.211. The number of piperidine rings is 1. The number of aliphatic carboxylic acids is 1. The Morgan fingerprint density at radius 3 is 2.48 bits per heavy atom. The molecule has 0 saturated carbocycles. The van der Waals surface area contributed by atoms with Crippen LogP contribution < -0.4 is 9.47 Å². The van der Waals surface area contributed by atoms with E-state index in [1.807, 2.05) is 25.1 Å². The molecule has 2 unspecified atom stereocenters. The summed E-state index contributed by atoms with van der Waals surface area (Å²) in [4.78, 5) is 14.1. The Morgan fingerprint density at radius 2 is 1.85 bits per heavy atom. The third-order valence-corrected chi connectivity index (χ3v) is 5.28. The summed E-state index contributed by atoms with van der Waals surface area (Å²) in [5.74, 6) is 0.532. The molecule has 1 aliphatic rings. The number of rotatable bonds is 6. The highest BCUT2D eigenvalue weighted by molar-refractivity contribution is 5.74. The number of nitrogens with zero attached hydrogens (tertiary/aromatic N) is 1. The van der Waals surface area contributed by atoms with Crippen LogP contribution in [0.3, 0.4) is 0 Å². The maximum absolute atomic E-state index is 12.0. The molecule has 1 heterocycles. The quantitative estimate of drug-likeness (QED) is 0.833. The number of benzene rings is 2. The minimum Gasteiger partial charge on any atom is -0.493 e. The number of ether oxygens (including phenoxy) is 2. The molecule has 27 heavy (non-hydrogen) atoms. The number of para-hydroxylation sites is 1. The van der Waals surface area contributed by atoms with Gasteiger partial charge in [-0.1, -0.05) is 48.4 Å². The van der Waals surface area contributed by atoms with Gasteiger partial charge in [0.1, 0.15) is 6.04 Å². The number of likely N-dealkylation sites (tertiary alicyclic amines) is 1. The predicted molar refractivity (Wildman–Crippen MR) is 105 cm³/mol. The molecule has 2 atom stereocenters. The second-order valence-electron chi connectivity index (χ2n) is 6.98. The van der Waals surface area contributed by atoms with Crippen molar-refractivity contribution in [2.75, 3.05) is 20.8 Å². The molecule has 5 nitrogen and oxygen atoms in total. The average molecular weight is 369 g/mol. The van der Waals surface area contributed by atoms with E-state index in [1.165, 1.54) is 5.56 Å². The third kappa shape index (κ3) is 3.93. The van der Waals surface area contributed by atoms with E-state index in [2.05, 4.69) is 29.2 Å². The van der Waals surface area contributed by atoms with Gasteiger partial charge in [0.05, 0.1) is 20.3 Å². The van der Waals surface area contributed by atoms with Gasteiger partial charge >= 0.3 is 5.97 Å². The van der Waals surface area contributed by atoms with Crippen molar-refractivity contribution in [1.82, 2.24) is 4.90 Å². The highest BCUT2D eigenvalue weighted by Gasteiger charge is 2.36. The lowest BCUT2D eigenvalue weighted by Gasteiger charge is -2.40. The van der Waals surface area contributed by atoms with Crippen LogP contribution >= 0.6 is 0 Å². The third-order valence-electron chi connectivity index (χ3n) is 5.28. The van der Waals surface area contributed by atoms with Crippen LogP contribution in [-0.2, 0) is 4.79 Å². The van der Waals surface area contributed by atoms with E-state index in [1.54, 1.807) is 14.2 Å². The zero-order valence-electron chi connectivity index (χ0n) is 16.1. The fourth-order valence-electron chi connectivity index (χ4n) is 3.95. The van der Waals surface area contributed by atoms with E-state index < -0.39 is 12.0 Å². The van der Waals surface area contributed by atoms with Crippen molar-refractivity contribution >= 4 is 5.97 Å². The largest absolute Gasteiger partial charge is 0.493 e. The zero-order chi connectivity index (χ0) is 19.4. The number of aryl methyl sites for hydroxylation is 1. The molecule has 0 aromatic heterocycles. The second kappa shape index (κ2) is 8.44. The summed E-state index contributed by atoms with van der Waals surface area (Å²) in [5.41, 5.74) is 3.15. The fourth-order valence-corrected chi connectivity index (χ4v) is 3.95. The molecular weight excluding hydrogens is 342 g/mol. The van der Waals surface area contributed by atoms with Crippen molar-refractivity contribution in [2.24, 2.45) is 0 Å². The van der Waals surface area contributed by atoms with Gasteiger partial charge in [0.25, 0.3) is 0 Å². The molecule has 1 saturated heterocycles. The number of hydrogen-bond donors (Lipinski definition) is 1. The number of carbonyl (C=O) groups is 1. The Hall–Kier alpha value is -2.53. The Kier molecular flexibility index (Phi) is 6.01. The smallest absolute Gasteiger partial charge is 0.320 e. The molecule has 1 aliphatic heterocycles. The van der Waals surface area contributed by atoms with E-state index in [4.69, 9.17) is 9.47 Å². The Balaban J connectivity index is 2.16. The van der Waals surface area contributed by atoms with Crippen LogP contribution in [0.4, 0.5) is 0 Å². The number of methoxy groups -OCH3 is 2. The van der Waals surface area contributed by atoms with E-state index in [0.717, 1.165) is 30.5 Å². The van der Waals surface area contributed by atoms with Gasteiger partial charge in [-0.05, 0) is 37.9 Å². The van der Waals surface area contributed by atoms with Gasteiger partial charge < -0.3 is 14.6 Å². The monoisotopic (exact) mass is 369 g/mol. The topological polar surface area (TPSA) is 59.0 Å². The molecule has 2 aromatic carbocycles. The van der Waals surface area contributed by atoms with E-state index in [9.17, 15) is 9.90 Å². The van der Waals surface area contributed by atoms with Gasteiger partial charge in [0.2, 0.25) is 0 Å². The maximum atomic E-state index is 12.0. The first-order valence-electron chi connectivity index (χ1n) is 9.32. The summed E-state index contributed by atoms with van der Waals surface area (Å²) in [6.45, 7) is 2.78. The standard InChI is InChI=1S/C22H27NO4/c1-15-10-12-16(13-11-15)20(23-14-5-4-8-18(23)22(24)25)17-7-6-9-19(26-2)21(17)27-3/h6-7,9-13,18,20H,4-5,8,14H2,1-3H3,(H,24,25). The van der Waals surface area contributed by atoms with Gasteiger partial charge in [0.15, 0.2) is 11.5 Å². The molecule has 0 bridgehead atoms. The summed E-state index contributed by atoms with van der Waals surface area (Å²) in [5, 5.41) is 9.83. The van der Waals surface area contributed by atoms with Crippen LogP contribution in [0.5, 0.6) is 11.5 Å². The Bertz CT molecular complexity index is 787. The van der Waals surface area contributed by atoms with Crippen molar-refractivity contribution < 1.29 is 19.4 Å². The van der Waals surface area contributed by atoms with Crippen molar-refractivity contribution in [1.29, 1.82) is 0 Å². The maximum Gasteiger partial charge on any atom is 0.320 e. The minimum atomic E-state index is -0.770. The Labute approximate surface area is 160 Å². The molecule has 0 spiro atoms. The summed E-state index contributed by atoms with van der Waals surface area (Å²) in [6.07, 6.45) is 2.58. The highest BCUT2D eigenvalue weighted by atomic mass is 16.5.